The number of para-hydroxylation sites is 2. The normalized spacial score (nSPS) is 26.5. The van der Waals surface area contributed by atoms with Gasteiger partial charge >= 0.3 is 0 Å². The van der Waals surface area contributed by atoms with Crippen molar-refractivity contribution in [3.8, 4) is 0 Å². The minimum Gasteiger partial charge on any atom is -0.341 e. The molecule has 2 bridgehead atoms. The first-order valence-electron chi connectivity index (χ1n) is 10.4. The fourth-order valence-corrected chi connectivity index (χ4v) is 5.78. The molecule has 1 saturated carbocycles. The molecular formula is C25H27N3O. The van der Waals surface area contributed by atoms with Crippen LogP contribution >= 0.6 is 0 Å². The molecule has 3 aromatic rings. The van der Waals surface area contributed by atoms with E-state index in [-0.39, 0.29) is 16.7 Å². The Morgan fingerprint density at radius 2 is 1.48 bits per heavy atom. The van der Waals surface area contributed by atoms with Crippen LogP contribution in [0.4, 0.5) is 0 Å². The molecule has 2 aromatic carbocycles. The number of fused-ring (bicyclic) bond motifs is 6. The van der Waals surface area contributed by atoms with Crippen LogP contribution in [0.2, 0.25) is 0 Å². The molecule has 2 aliphatic rings. The molecule has 4 nitrogen and oxygen atoms in total. The van der Waals surface area contributed by atoms with Gasteiger partial charge in [-0.2, -0.15) is 0 Å². The lowest BCUT2D eigenvalue weighted by atomic mass is 9.63. The van der Waals surface area contributed by atoms with Crippen LogP contribution in [0.15, 0.2) is 54.6 Å². The van der Waals surface area contributed by atoms with Crippen LogP contribution in [-0.2, 0) is 22.2 Å². The molecule has 1 fully saturated rings. The van der Waals surface area contributed by atoms with Crippen molar-refractivity contribution in [2.75, 3.05) is 7.05 Å². The fraction of sp³-hybridized carbons (Fsp3) is 0.400. The molecule has 0 spiro atoms. The van der Waals surface area contributed by atoms with Gasteiger partial charge in [0.05, 0.1) is 27.8 Å². The summed E-state index contributed by atoms with van der Waals surface area (Å²) in [5, 5.41) is 0. The first kappa shape index (κ1) is 18.3. The quantitative estimate of drug-likeness (QED) is 0.661. The van der Waals surface area contributed by atoms with Crippen molar-refractivity contribution in [2.45, 2.75) is 51.0 Å². The summed E-state index contributed by atoms with van der Waals surface area (Å²) < 4.78 is 0. The number of likely N-dealkylation sites (N-methyl/N-ethyl adjacent to an activating group) is 1. The molecule has 29 heavy (non-hydrogen) atoms. The van der Waals surface area contributed by atoms with E-state index in [0.717, 1.165) is 40.8 Å². The van der Waals surface area contributed by atoms with Gasteiger partial charge in [0.1, 0.15) is 0 Å². The zero-order valence-corrected chi connectivity index (χ0v) is 17.6. The second-order valence-electron chi connectivity index (χ2n) is 9.42. The number of aromatic nitrogens is 2. The van der Waals surface area contributed by atoms with Crippen molar-refractivity contribution in [3.63, 3.8) is 0 Å². The molecule has 0 unspecified atom stereocenters. The van der Waals surface area contributed by atoms with Crippen LogP contribution in [0.5, 0.6) is 0 Å². The van der Waals surface area contributed by atoms with Gasteiger partial charge in [-0.3, -0.25) is 4.79 Å². The average molecular weight is 386 g/mol. The Bertz CT molecular complexity index is 1120. The van der Waals surface area contributed by atoms with E-state index in [1.165, 1.54) is 0 Å². The third-order valence-corrected chi connectivity index (χ3v) is 7.92. The number of hydrogen-bond acceptors (Lipinski definition) is 3. The van der Waals surface area contributed by atoms with E-state index < -0.39 is 5.41 Å². The van der Waals surface area contributed by atoms with E-state index in [4.69, 9.17) is 9.97 Å². The summed E-state index contributed by atoms with van der Waals surface area (Å²) in [4.78, 5) is 26.0. The van der Waals surface area contributed by atoms with Crippen molar-refractivity contribution in [2.24, 2.45) is 5.41 Å². The Hall–Kier alpha value is -2.75. The lowest BCUT2D eigenvalue weighted by Crippen LogP contribution is -2.51. The Balaban J connectivity index is 1.66. The van der Waals surface area contributed by atoms with Crippen LogP contribution in [0, 0.1) is 5.41 Å². The molecule has 0 radical (unpaired) electrons. The molecule has 0 N–H and O–H groups in total. The zero-order chi connectivity index (χ0) is 20.4. The first-order chi connectivity index (χ1) is 13.8. The van der Waals surface area contributed by atoms with Gasteiger partial charge in [0, 0.05) is 19.0 Å². The summed E-state index contributed by atoms with van der Waals surface area (Å²) in [7, 11) is 1.92. The molecule has 1 amide bonds. The Labute approximate surface area is 172 Å². The highest BCUT2D eigenvalue weighted by atomic mass is 16.2. The lowest BCUT2D eigenvalue weighted by Gasteiger charge is -2.41. The lowest BCUT2D eigenvalue weighted by molar-refractivity contribution is -0.140. The maximum absolute atomic E-state index is 14.0. The van der Waals surface area contributed by atoms with Gasteiger partial charge in [-0.1, -0.05) is 63.2 Å². The monoisotopic (exact) mass is 385 g/mol. The Morgan fingerprint density at radius 3 is 2.14 bits per heavy atom. The Morgan fingerprint density at radius 1 is 0.897 bits per heavy atom. The third kappa shape index (κ3) is 2.17. The van der Waals surface area contributed by atoms with Crippen molar-refractivity contribution in [1.29, 1.82) is 0 Å². The molecule has 2 atom stereocenters. The van der Waals surface area contributed by atoms with Crippen LogP contribution in [0.3, 0.4) is 0 Å². The predicted octanol–water partition coefficient (Wildman–Crippen LogP) is 4.62. The number of benzene rings is 2. The molecular weight excluding hydrogens is 358 g/mol. The van der Waals surface area contributed by atoms with Gasteiger partial charge in [-0.25, -0.2) is 9.97 Å². The maximum Gasteiger partial charge on any atom is 0.235 e. The summed E-state index contributed by atoms with van der Waals surface area (Å²) in [5.41, 5.74) is 3.82. The van der Waals surface area contributed by atoms with E-state index in [0.29, 0.717) is 6.54 Å². The van der Waals surface area contributed by atoms with Crippen LogP contribution < -0.4 is 0 Å². The van der Waals surface area contributed by atoms with Gasteiger partial charge < -0.3 is 4.90 Å². The van der Waals surface area contributed by atoms with Gasteiger partial charge in [0.2, 0.25) is 5.91 Å². The highest BCUT2D eigenvalue weighted by Crippen LogP contribution is 2.70. The van der Waals surface area contributed by atoms with E-state index in [9.17, 15) is 4.79 Å². The molecule has 0 aliphatic heterocycles. The van der Waals surface area contributed by atoms with E-state index in [2.05, 4.69) is 32.9 Å². The third-order valence-electron chi connectivity index (χ3n) is 7.92. The second kappa shape index (κ2) is 5.88. The average Bonchev–Trinajstić information content (AvgIpc) is 3.02. The number of nitrogens with zero attached hydrogens (tertiary/aromatic N) is 3. The van der Waals surface area contributed by atoms with Crippen LogP contribution in [0.25, 0.3) is 11.0 Å². The largest absolute Gasteiger partial charge is 0.341 e. The summed E-state index contributed by atoms with van der Waals surface area (Å²) in [5.74, 6) is 0.165. The van der Waals surface area contributed by atoms with Gasteiger partial charge in [0.25, 0.3) is 0 Å². The second-order valence-corrected chi connectivity index (χ2v) is 9.42. The number of carbonyl (C=O) groups is 1. The number of amides is 1. The van der Waals surface area contributed by atoms with Gasteiger partial charge in [0.15, 0.2) is 0 Å². The first-order valence-corrected chi connectivity index (χ1v) is 10.4. The van der Waals surface area contributed by atoms with Crippen molar-refractivity contribution >= 4 is 16.9 Å². The van der Waals surface area contributed by atoms with Crippen molar-refractivity contribution in [3.05, 3.63) is 71.5 Å². The molecule has 4 heteroatoms. The molecule has 2 aliphatic carbocycles. The summed E-state index contributed by atoms with van der Waals surface area (Å²) >= 11 is 0. The standard InChI is InChI=1S/C25H27N3O/c1-23(2)24(3)14-15-25(23,22(29)28(4)16-17-10-6-5-7-11-17)21-20(24)26-18-12-8-9-13-19(18)27-21/h5-13H,14-16H2,1-4H3/t24-,25+/m0/s1. The number of hydrogen-bond donors (Lipinski definition) is 0. The van der Waals surface area contributed by atoms with Gasteiger partial charge in [-0.05, 0) is 36.0 Å². The summed E-state index contributed by atoms with van der Waals surface area (Å²) in [6, 6.07) is 18.2. The van der Waals surface area contributed by atoms with Crippen molar-refractivity contribution < 1.29 is 4.79 Å². The highest BCUT2D eigenvalue weighted by molar-refractivity contribution is 5.92. The molecule has 0 saturated heterocycles. The SMILES string of the molecule is CN(Cc1ccccc1)C(=O)[C@@]12CC[C@@](C)(c3nc4ccccc4nc31)C2(C)C. The van der Waals surface area contributed by atoms with E-state index >= 15 is 0 Å². The maximum atomic E-state index is 14.0. The van der Waals surface area contributed by atoms with Gasteiger partial charge in [-0.15, -0.1) is 0 Å². The molecule has 5 rings (SSSR count). The molecule has 148 valence electrons. The van der Waals surface area contributed by atoms with E-state index in [1.807, 2.05) is 54.4 Å². The number of rotatable bonds is 3. The summed E-state index contributed by atoms with van der Waals surface area (Å²) in [6.45, 7) is 7.35. The molecule has 1 heterocycles. The molecule has 1 aromatic heterocycles. The van der Waals surface area contributed by atoms with E-state index in [1.54, 1.807) is 0 Å². The fourth-order valence-electron chi connectivity index (χ4n) is 5.78. The Kier molecular flexibility index (Phi) is 3.71. The van der Waals surface area contributed by atoms with Crippen LogP contribution in [-0.4, -0.2) is 27.8 Å². The van der Waals surface area contributed by atoms with Crippen molar-refractivity contribution in [1.82, 2.24) is 14.9 Å². The predicted molar refractivity (Wildman–Crippen MR) is 114 cm³/mol. The zero-order valence-electron chi connectivity index (χ0n) is 17.6. The summed E-state index contributed by atoms with van der Waals surface area (Å²) in [6.07, 6.45) is 1.79. The topological polar surface area (TPSA) is 46.1 Å². The smallest absolute Gasteiger partial charge is 0.235 e. The van der Waals surface area contributed by atoms with Crippen LogP contribution in [0.1, 0.15) is 50.6 Å². The minimum atomic E-state index is -0.627. The highest BCUT2D eigenvalue weighted by Gasteiger charge is 2.73. The minimum absolute atomic E-state index is 0.150. The number of carbonyl (C=O) groups excluding carboxylic acids is 1.